The van der Waals surface area contributed by atoms with Gasteiger partial charge in [0.2, 0.25) is 5.91 Å². The predicted octanol–water partition coefficient (Wildman–Crippen LogP) is 2.79. The van der Waals surface area contributed by atoms with Gasteiger partial charge in [-0.1, -0.05) is 43.7 Å². The minimum Gasteiger partial charge on any atom is -0.494 e. The van der Waals surface area contributed by atoms with Crippen molar-refractivity contribution in [1.29, 1.82) is 0 Å². The molecule has 1 unspecified atom stereocenters. The summed E-state index contributed by atoms with van der Waals surface area (Å²) in [5.74, 6) is -1.06. The van der Waals surface area contributed by atoms with Gasteiger partial charge in [-0.25, -0.2) is 4.79 Å². The highest BCUT2D eigenvalue weighted by molar-refractivity contribution is 6.10. The van der Waals surface area contributed by atoms with Crippen molar-refractivity contribution < 1.29 is 24.0 Å². The molecule has 0 radical (unpaired) electrons. The molecule has 0 aliphatic carbocycles. The van der Waals surface area contributed by atoms with Gasteiger partial charge in [-0.15, -0.1) is 0 Å². The van der Waals surface area contributed by atoms with Crippen LogP contribution in [0.25, 0.3) is 0 Å². The molecule has 1 heterocycles. The molecule has 1 aliphatic rings. The molecule has 2 aromatic rings. The van der Waals surface area contributed by atoms with Crippen LogP contribution >= 0.6 is 0 Å². The van der Waals surface area contributed by atoms with Gasteiger partial charge in [0.25, 0.3) is 11.6 Å². The maximum Gasteiger partial charge on any atom is 0.325 e. The van der Waals surface area contributed by atoms with Crippen molar-refractivity contribution in [3.8, 4) is 5.75 Å². The molecule has 0 spiro atoms. The maximum absolute atomic E-state index is 13.2. The van der Waals surface area contributed by atoms with Crippen molar-refractivity contribution in [2.45, 2.75) is 25.3 Å². The first kappa shape index (κ1) is 21.8. The van der Waals surface area contributed by atoms with Gasteiger partial charge in [0.1, 0.15) is 17.8 Å². The number of methoxy groups -OCH3 is 1. The first-order valence-corrected chi connectivity index (χ1v) is 9.64. The van der Waals surface area contributed by atoms with Gasteiger partial charge < -0.3 is 15.4 Å². The number of nitro benzene ring substituents is 1. The lowest BCUT2D eigenvalue weighted by atomic mass is 9.85. The van der Waals surface area contributed by atoms with E-state index in [4.69, 9.17) is 4.74 Å². The smallest absolute Gasteiger partial charge is 0.325 e. The third-order valence-corrected chi connectivity index (χ3v) is 5.04. The normalized spacial score (nSPS) is 17.9. The number of nitro groups is 1. The molecule has 1 saturated heterocycles. The van der Waals surface area contributed by atoms with Crippen LogP contribution in [0.1, 0.15) is 25.3 Å². The molecule has 0 saturated carbocycles. The molecule has 0 bridgehead atoms. The monoisotopic (exact) mass is 426 g/mol. The van der Waals surface area contributed by atoms with Crippen LogP contribution in [-0.4, -0.2) is 41.3 Å². The Balaban J connectivity index is 1.80. The lowest BCUT2D eigenvalue weighted by molar-refractivity contribution is -0.384. The fourth-order valence-corrected chi connectivity index (χ4v) is 3.61. The number of ether oxygens (including phenoxy) is 1. The molecule has 4 amide bonds. The molecule has 1 atom stereocenters. The number of nitrogens with zero attached hydrogens (tertiary/aromatic N) is 2. The van der Waals surface area contributed by atoms with Crippen LogP contribution in [0.15, 0.2) is 48.5 Å². The van der Waals surface area contributed by atoms with Crippen molar-refractivity contribution in [3.63, 3.8) is 0 Å². The Morgan fingerprint density at radius 1 is 1.23 bits per heavy atom. The summed E-state index contributed by atoms with van der Waals surface area (Å²) in [6, 6.07) is 12.0. The van der Waals surface area contributed by atoms with E-state index in [0.717, 1.165) is 4.90 Å². The number of nitrogens with one attached hydrogen (secondary N) is 2. The standard InChI is InChI=1S/C21H22N4O6/c1-3-11-21(14-7-5-4-6-8-14)19(27)24(20(28)23-21)13-18(26)22-16-10-9-15(25(29)30)12-17(16)31-2/h4-10,12H,3,11,13H2,1-2H3,(H,22,26)(H,23,28). The first-order valence-electron chi connectivity index (χ1n) is 9.64. The van der Waals surface area contributed by atoms with E-state index in [2.05, 4.69) is 10.6 Å². The molecule has 162 valence electrons. The quantitative estimate of drug-likeness (QED) is 0.379. The summed E-state index contributed by atoms with van der Waals surface area (Å²) in [5, 5.41) is 16.2. The Hall–Kier alpha value is -3.95. The molecule has 2 N–H and O–H groups in total. The molecular formula is C21H22N4O6. The van der Waals surface area contributed by atoms with E-state index in [1.807, 2.05) is 13.0 Å². The summed E-state index contributed by atoms with van der Waals surface area (Å²) in [6.45, 7) is 1.39. The second kappa shape index (κ2) is 8.82. The number of non-ortho nitro benzene ring substituents is 1. The van der Waals surface area contributed by atoms with E-state index in [9.17, 15) is 24.5 Å². The minimum absolute atomic E-state index is 0.0874. The zero-order chi connectivity index (χ0) is 22.6. The van der Waals surface area contributed by atoms with Crippen molar-refractivity contribution in [3.05, 3.63) is 64.2 Å². The largest absolute Gasteiger partial charge is 0.494 e. The summed E-state index contributed by atoms with van der Waals surface area (Å²) in [6.07, 6.45) is 1.02. The average Bonchev–Trinajstić information content (AvgIpc) is 2.99. The number of imide groups is 1. The predicted molar refractivity (Wildman–Crippen MR) is 112 cm³/mol. The fraction of sp³-hybridized carbons (Fsp3) is 0.286. The SMILES string of the molecule is CCCC1(c2ccccc2)NC(=O)N(CC(=O)Nc2ccc([N+](=O)[O-])cc2OC)C1=O. The molecule has 1 aliphatic heterocycles. The van der Waals surface area contributed by atoms with Crippen LogP contribution < -0.4 is 15.4 Å². The molecule has 31 heavy (non-hydrogen) atoms. The van der Waals surface area contributed by atoms with E-state index in [1.54, 1.807) is 24.3 Å². The number of anilines is 1. The maximum atomic E-state index is 13.2. The van der Waals surface area contributed by atoms with Crippen molar-refractivity contribution >= 4 is 29.2 Å². The lowest BCUT2D eigenvalue weighted by Gasteiger charge is -2.26. The summed E-state index contributed by atoms with van der Waals surface area (Å²) in [7, 11) is 1.31. The lowest BCUT2D eigenvalue weighted by Crippen LogP contribution is -2.44. The highest BCUT2D eigenvalue weighted by Gasteiger charge is 2.52. The molecule has 10 nitrogen and oxygen atoms in total. The van der Waals surface area contributed by atoms with Crippen molar-refractivity contribution in [2.75, 3.05) is 19.0 Å². The van der Waals surface area contributed by atoms with E-state index in [1.165, 1.54) is 25.3 Å². The van der Waals surface area contributed by atoms with E-state index < -0.39 is 34.9 Å². The Morgan fingerprint density at radius 3 is 2.55 bits per heavy atom. The average molecular weight is 426 g/mol. The minimum atomic E-state index is -1.22. The Morgan fingerprint density at radius 2 is 1.94 bits per heavy atom. The number of urea groups is 1. The summed E-state index contributed by atoms with van der Waals surface area (Å²) in [4.78, 5) is 49.6. The van der Waals surface area contributed by atoms with Gasteiger partial charge in [0, 0.05) is 6.07 Å². The molecule has 0 aromatic heterocycles. The third-order valence-electron chi connectivity index (χ3n) is 5.04. The number of hydrogen-bond acceptors (Lipinski definition) is 6. The van der Waals surface area contributed by atoms with Crippen LogP contribution in [0, 0.1) is 10.1 Å². The number of carbonyl (C=O) groups is 3. The van der Waals surface area contributed by atoms with Gasteiger partial charge in [-0.3, -0.25) is 24.6 Å². The van der Waals surface area contributed by atoms with Gasteiger partial charge >= 0.3 is 6.03 Å². The molecular weight excluding hydrogens is 404 g/mol. The number of amides is 4. The molecule has 1 fully saturated rings. The summed E-state index contributed by atoms with van der Waals surface area (Å²) in [5.41, 5.74) is -0.586. The van der Waals surface area contributed by atoms with Gasteiger partial charge in [-0.2, -0.15) is 0 Å². The van der Waals surface area contributed by atoms with Crippen molar-refractivity contribution in [1.82, 2.24) is 10.2 Å². The zero-order valence-electron chi connectivity index (χ0n) is 17.1. The van der Waals surface area contributed by atoms with E-state index in [-0.39, 0.29) is 17.1 Å². The second-order valence-electron chi connectivity index (χ2n) is 7.03. The molecule has 3 rings (SSSR count). The first-order chi connectivity index (χ1) is 14.8. The number of benzene rings is 2. The summed E-state index contributed by atoms with van der Waals surface area (Å²) >= 11 is 0. The Bertz CT molecular complexity index is 1030. The number of carbonyl (C=O) groups excluding carboxylic acids is 3. The Labute approximate surface area is 178 Å². The highest BCUT2D eigenvalue weighted by atomic mass is 16.6. The topological polar surface area (TPSA) is 131 Å². The van der Waals surface area contributed by atoms with Crippen LogP contribution in [0.2, 0.25) is 0 Å². The number of rotatable bonds is 8. The third kappa shape index (κ3) is 4.18. The summed E-state index contributed by atoms with van der Waals surface area (Å²) < 4.78 is 5.09. The number of hydrogen-bond donors (Lipinski definition) is 2. The van der Waals surface area contributed by atoms with Crippen LogP contribution in [0.5, 0.6) is 5.75 Å². The highest BCUT2D eigenvalue weighted by Crippen LogP contribution is 2.34. The van der Waals surface area contributed by atoms with E-state index in [0.29, 0.717) is 18.4 Å². The van der Waals surface area contributed by atoms with E-state index >= 15 is 0 Å². The fourth-order valence-electron chi connectivity index (χ4n) is 3.61. The Kier molecular flexibility index (Phi) is 6.19. The van der Waals surface area contributed by atoms with Gasteiger partial charge in [0.15, 0.2) is 0 Å². The van der Waals surface area contributed by atoms with Crippen LogP contribution in [0.3, 0.4) is 0 Å². The van der Waals surface area contributed by atoms with Gasteiger partial charge in [-0.05, 0) is 18.1 Å². The molecule has 2 aromatic carbocycles. The van der Waals surface area contributed by atoms with Crippen LogP contribution in [0.4, 0.5) is 16.2 Å². The van der Waals surface area contributed by atoms with Crippen molar-refractivity contribution in [2.24, 2.45) is 0 Å². The second-order valence-corrected chi connectivity index (χ2v) is 7.03. The zero-order valence-corrected chi connectivity index (χ0v) is 17.1. The van der Waals surface area contributed by atoms with Crippen LogP contribution in [-0.2, 0) is 15.1 Å². The van der Waals surface area contributed by atoms with Gasteiger partial charge in [0.05, 0.1) is 23.8 Å². The molecule has 10 heteroatoms.